The van der Waals surface area contributed by atoms with Gasteiger partial charge in [-0.15, -0.1) is 0 Å². The molecule has 0 saturated carbocycles. The number of alkyl halides is 3. The summed E-state index contributed by atoms with van der Waals surface area (Å²) >= 11 is 0. The van der Waals surface area contributed by atoms with Gasteiger partial charge in [0, 0.05) is 17.8 Å². The fourth-order valence-electron chi connectivity index (χ4n) is 2.08. The van der Waals surface area contributed by atoms with Gasteiger partial charge < -0.3 is 4.98 Å². The lowest BCUT2D eigenvalue weighted by Gasteiger charge is -2.09. The Kier molecular flexibility index (Phi) is 3.41. The molecule has 18 heavy (non-hydrogen) atoms. The molecular formula is C13H12F3NO. The topological polar surface area (TPSA) is 32.9 Å². The maximum absolute atomic E-state index is 13.0. The van der Waals surface area contributed by atoms with E-state index >= 15 is 0 Å². The van der Waals surface area contributed by atoms with Gasteiger partial charge in [-0.25, -0.2) is 13.2 Å². The normalized spacial score (nSPS) is 11.1. The third kappa shape index (κ3) is 1.89. The van der Waals surface area contributed by atoms with E-state index in [9.17, 15) is 18.0 Å². The van der Waals surface area contributed by atoms with E-state index in [1.54, 1.807) is 0 Å². The fourth-order valence-corrected chi connectivity index (χ4v) is 2.08. The van der Waals surface area contributed by atoms with Gasteiger partial charge in [-0.1, -0.05) is 0 Å². The van der Waals surface area contributed by atoms with Crippen LogP contribution in [-0.4, -0.2) is 10.8 Å². The lowest BCUT2D eigenvalue weighted by Crippen LogP contribution is -1.97. The molecule has 2 rings (SSSR count). The van der Waals surface area contributed by atoms with Crippen LogP contribution in [0.4, 0.5) is 13.2 Å². The summed E-state index contributed by atoms with van der Waals surface area (Å²) in [4.78, 5) is 14.0. The maximum atomic E-state index is 13.0. The third-order valence-corrected chi connectivity index (χ3v) is 3.03. The van der Waals surface area contributed by atoms with Crippen LogP contribution in [0.25, 0.3) is 10.9 Å². The number of carbonyl (C=O) groups excluding carboxylic acids is 1. The summed E-state index contributed by atoms with van der Waals surface area (Å²) in [5.41, 5.74) is 1.04. The van der Waals surface area contributed by atoms with Crippen molar-refractivity contribution in [1.82, 2.24) is 4.98 Å². The first kappa shape index (κ1) is 12.7. The molecule has 2 aromatic rings. The second kappa shape index (κ2) is 4.84. The van der Waals surface area contributed by atoms with Crippen molar-refractivity contribution >= 4 is 16.7 Å². The molecular weight excluding hydrogens is 243 g/mol. The number of fused-ring (bicyclic) bond motifs is 1. The minimum Gasteiger partial charge on any atom is -0.352 e. The average molecular weight is 255 g/mol. The zero-order valence-electron chi connectivity index (χ0n) is 9.82. The minimum absolute atomic E-state index is 0.0432. The number of benzene rings is 1. The van der Waals surface area contributed by atoms with E-state index in [-0.39, 0.29) is 22.5 Å². The number of carbonyl (C=O) groups is 1. The van der Waals surface area contributed by atoms with E-state index in [0.717, 1.165) is 0 Å². The second-order valence-corrected chi connectivity index (χ2v) is 4.09. The molecule has 0 aliphatic carbocycles. The predicted molar refractivity (Wildman–Crippen MR) is 62.7 cm³/mol. The number of H-pyrrole nitrogens is 1. The Hall–Kier alpha value is -1.78. The van der Waals surface area contributed by atoms with Gasteiger partial charge in [0.25, 0.3) is 0 Å². The molecule has 96 valence electrons. The maximum Gasteiger partial charge on any atom is 0.175 e. The highest BCUT2D eigenvalue weighted by Crippen LogP contribution is 2.29. The third-order valence-electron chi connectivity index (χ3n) is 3.03. The molecule has 0 atom stereocenters. The molecule has 0 saturated heterocycles. The van der Waals surface area contributed by atoms with Crippen LogP contribution in [0.3, 0.4) is 0 Å². The van der Waals surface area contributed by atoms with Crippen LogP contribution in [0.15, 0.2) is 12.1 Å². The summed E-state index contributed by atoms with van der Waals surface area (Å²) < 4.78 is 38.8. The van der Waals surface area contributed by atoms with Crippen LogP contribution in [0.2, 0.25) is 0 Å². The number of Topliss-reactive ketones (excluding diaryl/α,β-unsaturated/α-hetero) is 1. The summed E-state index contributed by atoms with van der Waals surface area (Å²) in [6.07, 6.45) is 0. The summed E-state index contributed by atoms with van der Waals surface area (Å²) in [6.45, 7) is -1.31. The van der Waals surface area contributed by atoms with Crippen LogP contribution in [0.1, 0.15) is 34.1 Å². The highest BCUT2D eigenvalue weighted by atomic mass is 19.1. The first-order chi connectivity index (χ1) is 8.62. The van der Waals surface area contributed by atoms with Crippen molar-refractivity contribution in [2.45, 2.75) is 26.9 Å². The number of aromatic nitrogens is 1. The summed E-state index contributed by atoms with van der Waals surface area (Å²) in [6, 6.07) is 2.91. The molecule has 0 amide bonds. The van der Waals surface area contributed by atoms with E-state index in [1.165, 1.54) is 19.1 Å². The summed E-state index contributed by atoms with van der Waals surface area (Å²) in [5, 5.41) is 0.438. The molecule has 1 N–H and O–H groups in total. The van der Waals surface area contributed by atoms with Crippen molar-refractivity contribution < 1.29 is 18.0 Å². The van der Waals surface area contributed by atoms with Crippen LogP contribution in [-0.2, 0) is 20.0 Å². The fraction of sp³-hybridized carbons (Fsp3) is 0.308. The molecule has 0 spiro atoms. The Bertz CT molecular complexity index is 604. The average Bonchev–Trinajstić information content (AvgIpc) is 2.79. The molecule has 0 unspecified atom stereocenters. The van der Waals surface area contributed by atoms with Crippen LogP contribution in [0.5, 0.6) is 0 Å². The van der Waals surface area contributed by atoms with Gasteiger partial charge in [0.1, 0.15) is 20.0 Å². The second-order valence-electron chi connectivity index (χ2n) is 4.09. The zero-order valence-corrected chi connectivity index (χ0v) is 9.82. The van der Waals surface area contributed by atoms with Crippen LogP contribution < -0.4 is 0 Å². The molecule has 0 aliphatic rings. The minimum atomic E-state index is -0.922. The number of halogens is 3. The molecule has 0 fully saturated rings. The van der Waals surface area contributed by atoms with Gasteiger partial charge in [0.05, 0.1) is 5.69 Å². The number of nitrogens with one attached hydrogen (secondary N) is 1. The molecule has 0 radical (unpaired) electrons. The Morgan fingerprint density at radius 2 is 1.78 bits per heavy atom. The number of ketones is 1. The van der Waals surface area contributed by atoms with Crippen molar-refractivity contribution in [1.29, 1.82) is 0 Å². The lowest BCUT2D eigenvalue weighted by molar-refractivity contribution is 0.101. The number of rotatable bonds is 4. The summed E-state index contributed by atoms with van der Waals surface area (Å²) in [5.74, 6) is -0.209. The summed E-state index contributed by atoms with van der Waals surface area (Å²) in [7, 11) is 0. The van der Waals surface area contributed by atoms with Gasteiger partial charge in [-0.3, -0.25) is 4.79 Å². The molecule has 1 heterocycles. The standard InChI is InChI=1S/C13H12F3NO/c1-7(18)12-3-9-11(6-16)10(5-15)8(4-14)2-13(9)17-12/h2-3,17H,4-6H2,1H3. The Morgan fingerprint density at radius 3 is 2.28 bits per heavy atom. The van der Waals surface area contributed by atoms with Crippen molar-refractivity contribution in [3.8, 4) is 0 Å². The Morgan fingerprint density at radius 1 is 1.11 bits per heavy atom. The molecule has 1 aromatic heterocycles. The molecule has 0 bridgehead atoms. The molecule has 2 nitrogen and oxygen atoms in total. The largest absolute Gasteiger partial charge is 0.352 e. The number of hydrogen-bond acceptors (Lipinski definition) is 1. The Labute approximate surface area is 102 Å². The predicted octanol–water partition coefficient (Wildman–Crippen LogP) is 3.78. The first-order valence-electron chi connectivity index (χ1n) is 5.47. The molecule has 5 heteroatoms. The Balaban J connectivity index is 2.79. The highest BCUT2D eigenvalue weighted by Gasteiger charge is 2.16. The van der Waals surface area contributed by atoms with Gasteiger partial charge in [-0.05, 0) is 28.8 Å². The molecule has 0 aliphatic heterocycles. The van der Waals surface area contributed by atoms with E-state index in [1.807, 2.05) is 0 Å². The van der Waals surface area contributed by atoms with Crippen molar-refractivity contribution in [2.24, 2.45) is 0 Å². The molecule has 1 aromatic carbocycles. The number of aromatic amines is 1. The van der Waals surface area contributed by atoms with E-state index < -0.39 is 20.0 Å². The lowest BCUT2D eigenvalue weighted by atomic mass is 9.99. The zero-order chi connectivity index (χ0) is 13.3. The van der Waals surface area contributed by atoms with Crippen molar-refractivity contribution in [3.63, 3.8) is 0 Å². The highest BCUT2D eigenvalue weighted by molar-refractivity contribution is 5.99. The van der Waals surface area contributed by atoms with Gasteiger partial charge in [-0.2, -0.15) is 0 Å². The SMILES string of the molecule is CC(=O)c1cc2c(CF)c(CF)c(CF)cc2[nH]1. The quantitative estimate of drug-likeness (QED) is 0.828. The van der Waals surface area contributed by atoms with E-state index in [0.29, 0.717) is 16.6 Å². The smallest absolute Gasteiger partial charge is 0.175 e. The van der Waals surface area contributed by atoms with Gasteiger partial charge >= 0.3 is 0 Å². The van der Waals surface area contributed by atoms with Crippen LogP contribution in [0, 0.1) is 0 Å². The van der Waals surface area contributed by atoms with Crippen LogP contribution >= 0.6 is 0 Å². The first-order valence-corrected chi connectivity index (χ1v) is 5.47. The van der Waals surface area contributed by atoms with Gasteiger partial charge in [0.2, 0.25) is 0 Å². The van der Waals surface area contributed by atoms with Crippen molar-refractivity contribution in [3.05, 3.63) is 34.5 Å². The number of hydrogen-bond donors (Lipinski definition) is 1. The van der Waals surface area contributed by atoms with E-state index in [4.69, 9.17) is 0 Å². The monoisotopic (exact) mass is 255 g/mol. The van der Waals surface area contributed by atoms with Crippen molar-refractivity contribution in [2.75, 3.05) is 0 Å². The van der Waals surface area contributed by atoms with Gasteiger partial charge in [0.15, 0.2) is 5.78 Å². The van der Waals surface area contributed by atoms with E-state index in [2.05, 4.69) is 4.98 Å².